The van der Waals surface area contributed by atoms with Gasteiger partial charge in [0.1, 0.15) is 5.82 Å². The molecule has 0 aliphatic rings. The van der Waals surface area contributed by atoms with E-state index in [1.165, 1.54) is 28.9 Å². The van der Waals surface area contributed by atoms with Gasteiger partial charge in [-0.05, 0) is 42.5 Å². The lowest BCUT2D eigenvalue weighted by atomic mass is 10.1. The molecule has 1 heterocycles. The van der Waals surface area contributed by atoms with E-state index in [-0.39, 0.29) is 16.4 Å². The van der Waals surface area contributed by atoms with Gasteiger partial charge in [-0.25, -0.2) is 8.42 Å². The molecule has 4 rings (SSSR count). The Balaban J connectivity index is 1.48. The highest BCUT2D eigenvalue weighted by atomic mass is 35.5. The van der Waals surface area contributed by atoms with E-state index >= 15 is 0 Å². The average Bonchev–Trinajstić information content (AvgIpc) is 3.19. The summed E-state index contributed by atoms with van der Waals surface area (Å²) in [6.45, 7) is 0. The Morgan fingerprint density at radius 1 is 0.886 bits per heavy atom. The van der Waals surface area contributed by atoms with Crippen molar-refractivity contribution in [2.24, 2.45) is 7.05 Å². The maximum Gasteiger partial charge on any atom is 0.257 e. The predicted octanol–water partition coefficient (Wildman–Crippen LogP) is 4.65. The molecule has 0 aliphatic carbocycles. The van der Waals surface area contributed by atoms with E-state index < -0.39 is 15.7 Å². The molecule has 0 fully saturated rings. The van der Waals surface area contributed by atoms with Crippen molar-refractivity contribution >= 4 is 44.8 Å². The first-order valence-corrected chi connectivity index (χ1v) is 12.7. The Morgan fingerprint density at radius 2 is 1.60 bits per heavy atom. The molecule has 4 aromatic rings. The first kappa shape index (κ1) is 24.2. The monoisotopic (exact) mass is 508 g/mol. The summed E-state index contributed by atoms with van der Waals surface area (Å²) >= 11 is 6.08. The molecular formula is C25H21ClN4O4S. The van der Waals surface area contributed by atoms with Crippen LogP contribution in [0.15, 0.2) is 83.8 Å². The Kier molecular flexibility index (Phi) is 6.72. The Labute approximate surface area is 207 Å². The van der Waals surface area contributed by atoms with Crippen LogP contribution < -0.4 is 10.6 Å². The van der Waals surface area contributed by atoms with E-state index in [1.54, 1.807) is 61.6 Å². The third kappa shape index (κ3) is 5.59. The predicted molar refractivity (Wildman–Crippen MR) is 136 cm³/mol. The summed E-state index contributed by atoms with van der Waals surface area (Å²) in [7, 11) is -1.75. The summed E-state index contributed by atoms with van der Waals surface area (Å²) in [5, 5.41) is 10.4. The Morgan fingerprint density at radius 3 is 2.29 bits per heavy atom. The molecule has 178 valence electrons. The number of nitrogens with one attached hydrogen (secondary N) is 2. The van der Waals surface area contributed by atoms with E-state index in [4.69, 9.17) is 11.6 Å². The molecule has 35 heavy (non-hydrogen) atoms. The zero-order valence-corrected chi connectivity index (χ0v) is 20.4. The van der Waals surface area contributed by atoms with Crippen molar-refractivity contribution in [3.63, 3.8) is 0 Å². The van der Waals surface area contributed by atoms with Crippen molar-refractivity contribution in [1.82, 2.24) is 9.78 Å². The number of rotatable bonds is 6. The quantitative estimate of drug-likeness (QED) is 0.394. The summed E-state index contributed by atoms with van der Waals surface area (Å²) in [5.41, 5.74) is 2.57. The van der Waals surface area contributed by atoms with Gasteiger partial charge in [-0.2, -0.15) is 5.10 Å². The van der Waals surface area contributed by atoms with E-state index in [9.17, 15) is 18.0 Å². The van der Waals surface area contributed by atoms with Crippen molar-refractivity contribution in [3.05, 3.63) is 95.0 Å². The molecule has 0 radical (unpaired) electrons. The zero-order valence-electron chi connectivity index (χ0n) is 18.8. The molecule has 0 unspecified atom stereocenters. The molecule has 0 spiro atoms. The van der Waals surface area contributed by atoms with E-state index in [0.717, 1.165) is 11.8 Å². The SMILES string of the molecule is Cn1nc(-c2ccc(NC(=O)c3ccccc3Cl)cc2)cc1NC(=O)c1cccc(S(C)(=O)=O)c1. The Hall–Kier alpha value is -3.95. The van der Waals surface area contributed by atoms with Crippen molar-refractivity contribution < 1.29 is 18.0 Å². The molecule has 0 saturated heterocycles. The topological polar surface area (TPSA) is 110 Å². The average molecular weight is 509 g/mol. The fourth-order valence-corrected chi connectivity index (χ4v) is 4.24. The van der Waals surface area contributed by atoms with Crippen molar-refractivity contribution in [1.29, 1.82) is 0 Å². The normalized spacial score (nSPS) is 11.2. The van der Waals surface area contributed by atoms with Crippen LogP contribution in [0.3, 0.4) is 0 Å². The fourth-order valence-electron chi connectivity index (χ4n) is 3.35. The molecule has 0 atom stereocenters. The number of aromatic nitrogens is 2. The van der Waals surface area contributed by atoms with Crippen LogP contribution in [0.25, 0.3) is 11.3 Å². The van der Waals surface area contributed by atoms with Crippen molar-refractivity contribution in [2.75, 3.05) is 16.9 Å². The lowest BCUT2D eigenvalue weighted by Crippen LogP contribution is -2.15. The summed E-state index contributed by atoms with van der Waals surface area (Å²) in [4.78, 5) is 25.2. The number of benzene rings is 3. The second kappa shape index (κ2) is 9.73. The minimum absolute atomic E-state index is 0.0672. The van der Waals surface area contributed by atoms with Crippen LogP contribution in [0.2, 0.25) is 5.02 Å². The number of hydrogen-bond donors (Lipinski definition) is 2. The summed E-state index contributed by atoms with van der Waals surface area (Å²) in [6, 6.07) is 21.4. The van der Waals surface area contributed by atoms with Gasteiger partial charge in [-0.3, -0.25) is 14.3 Å². The van der Waals surface area contributed by atoms with Crippen LogP contribution in [-0.2, 0) is 16.9 Å². The van der Waals surface area contributed by atoms with Gasteiger partial charge in [-0.15, -0.1) is 0 Å². The van der Waals surface area contributed by atoms with Gasteiger partial charge in [0.25, 0.3) is 11.8 Å². The van der Waals surface area contributed by atoms with Crippen LogP contribution >= 0.6 is 11.6 Å². The smallest absolute Gasteiger partial charge is 0.257 e. The minimum Gasteiger partial charge on any atom is -0.322 e. The van der Waals surface area contributed by atoms with Gasteiger partial charge in [0.2, 0.25) is 0 Å². The van der Waals surface area contributed by atoms with Gasteiger partial charge >= 0.3 is 0 Å². The maximum atomic E-state index is 12.7. The minimum atomic E-state index is -3.43. The molecule has 8 nitrogen and oxygen atoms in total. The van der Waals surface area contributed by atoms with Crippen molar-refractivity contribution in [2.45, 2.75) is 4.90 Å². The maximum absolute atomic E-state index is 12.7. The molecule has 0 aliphatic heterocycles. The third-order valence-corrected chi connectivity index (χ3v) is 6.64. The van der Waals surface area contributed by atoms with Gasteiger partial charge < -0.3 is 10.6 Å². The van der Waals surface area contributed by atoms with Crippen molar-refractivity contribution in [3.8, 4) is 11.3 Å². The Bertz CT molecular complexity index is 1530. The zero-order chi connectivity index (χ0) is 25.2. The summed E-state index contributed by atoms with van der Waals surface area (Å²) in [6.07, 6.45) is 1.09. The molecule has 0 saturated carbocycles. The van der Waals surface area contributed by atoms with Crippen LogP contribution in [0.4, 0.5) is 11.5 Å². The second-order valence-corrected chi connectivity index (χ2v) is 10.2. The summed E-state index contributed by atoms with van der Waals surface area (Å²) < 4.78 is 25.1. The van der Waals surface area contributed by atoms with Gasteiger partial charge in [-0.1, -0.05) is 41.9 Å². The molecule has 3 aromatic carbocycles. The van der Waals surface area contributed by atoms with E-state index in [0.29, 0.717) is 27.8 Å². The molecule has 0 bridgehead atoms. The van der Waals surface area contributed by atoms with Crippen LogP contribution in [0.1, 0.15) is 20.7 Å². The number of nitrogens with zero attached hydrogens (tertiary/aromatic N) is 2. The third-order valence-electron chi connectivity index (χ3n) is 5.20. The van der Waals surface area contributed by atoms with Gasteiger partial charge in [0.15, 0.2) is 9.84 Å². The van der Waals surface area contributed by atoms with E-state index in [2.05, 4.69) is 15.7 Å². The summed E-state index contributed by atoms with van der Waals surface area (Å²) in [5.74, 6) is -0.334. The molecule has 2 amide bonds. The first-order valence-electron chi connectivity index (χ1n) is 10.4. The van der Waals surface area contributed by atoms with Crippen LogP contribution in [0.5, 0.6) is 0 Å². The number of carbonyl (C=O) groups is 2. The number of carbonyl (C=O) groups excluding carboxylic acids is 2. The highest BCUT2D eigenvalue weighted by Crippen LogP contribution is 2.24. The largest absolute Gasteiger partial charge is 0.322 e. The number of halogens is 1. The van der Waals surface area contributed by atoms with Gasteiger partial charge in [0, 0.05) is 36.2 Å². The van der Waals surface area contributed by atoms with Crippen LogP contribution in [0, 0.1) is 0 Å². The lowest BCUT2D eigenvalue weighted by Gasteiger charge is -2.07. The highest BCUT2D eigenvalue weighted by molar-refractivity contribution is 7.90. The molecule has 2 N–H and O–H groups in total. The standard InChI is InChI=1S/C25H21ClN4O4S/c1-30-23(28-24(31)17-6-5-7-19(14-17)35(2,33)34)15-22(29-30)16-10-12-18(13-11-16)27-25(32)20-8-3-4-9-21(20)26/h3-15H,1-2H3,(H,27,32)(H,28,31). The van der Waals surface area contributed by atoms with E-state index in [1.807, 2.05) is 0 Å². The fraction of sp³-hybridized carbons (Fsp3) is 0.0800. The van der Waals surface area contributed by atoms with Crippen LogP contribution in [-0.4, -0.2) is 36.3 Å². The molecule has 1 aromatic heterocycles. The van der Waals surface area contributed by atoms with Gasteiger partial charge in [0.05, 0.1) is 21.2 Å². The number of sulfone groups is 1. The first-order chi connectivity index (χ1) is 16.6. The number of hydrogen-bond acceptors (Lipinski definition) is 5. The molecular weight excluding hydrogens is 488 g/mol. The highest BCUT2D eigenvalue weighted by Gasteiger charge is 2.15. The number of aryl methyl sites for hydroxylation is 1. The number of anilines is 2. The molecule has 10 heteroatoms. The number of amides is 2. The second-order valence-electron chi connectivity index (χ2n) is 7.80. The lowest BCUT2D eigenvalue weighted by molar-refractivity contribution is 0.101.